The van der Waals surface area contributed by atoms with Crippen LogP contribution in [0, 0.1) is 0 Å². The molecule has 0 amide bonds. The van der Waals surface area contributed by atoms with Crippen LogP contribution < -0.4 is 20.3 Å². The number of H-pyrrole nitrogens is 1. The molecule has 0 unspecified atom stereocenters. The predicted octanol–water partition coefficient (Wildman–Crippen LogP) is 5.86. The topological polar surface area (TPSA) is 106 Å². The molecule has 0 saturated carbocycles. The van der Waals surface area contributed by atoms with E-state index in [0.29, 0.717) is 34.2 Å². The van der Waals surface area contributed by atoms with Crippen LogP contribution >= 0.6 is 0 Å². The summed E-state index contributed by atoms with van der Waals surface area (Å²) in [7, 11) is 3.12. The van der Waals surface area contributed by atoms with E-state index in [2.05, 4.69) is 26.5 Å². The maximum atomic E-state index is 14.2. The Morgan fingerprint density at radius 1 is 0.897 bits per heavy atom. The number of benzene rings is 2. The van der Waals surface area contributed by atoms with Crippen molar-refractivity contribution in [2.45, 2.75) is 25.7 Å². The van der Waals surface area contributed by atoms with Gasteiger partial charge in [0.05, 0.1) is 25.5 Å². The van der Waals surface area contributed by atoms with Crippen molar-refractivity contribution in [2.24, 2.45) is 0 Å². The summed E-state index contributed by atoms with van der Waals surface area (Å²) in [5.74, 6) is 1.55. The number of rotatable bonds is 7. The fourth-order valence-corrected chi connectivity index (χ4v) is 4.99. The first-order chi connectivity index (χ1) is 19.2. The number of fused-ring (bicyclic) bond motifs is 1. The molecule has 3 heterocycles. The number of hydrogen-bond acceptors (Lipinski definition) is 7. The largest absolute Gasteiger partial charge is 0.497 e. The summed E-state index contributed by atoms with van der Waals surface area (Å²) >= 11 is 0. The first-order valence-corrected chi connectivity index (χ1v) is 12.9. The third-order valence-corrected chi connectivity index (χ3v) is 6.90. The summed E-state index contributed by atoms with van der Waals surface area (Å²) in [5.41, 5.74) is 5.43. The van der Waals surface area contributed by atoms with E-state index in [9.17, 15) is 4.79 Å². The van der Waals surface area contributed by atoms with Crippen LogP contribution in [0.3, 0.4) is 0 Å². The SMILES string of the molecule is COc1ccc(-c2c(Nc3ccnc(OC)n3)nc3c(C4=CCCCC4)c(-c4ccccc4)[nH]n3c2=O)cc1. The van der Waals surface area contributed by atoms with E-state index in [-0.39, 0.29) is 11.6 Å². The van der Waals surface area contributed by atoms with Gasteiger partial charge in [0, 0.05) is 17.3 Å². The minimum Gasteiger partial charge on any atom is -0.497 e. The Morgan fingerprint density at radius 2 is 1.72 bits per heavy atom. The molecular weight excluding hydrogens is 492 g/mol. The second-order valence-corrected chi connectivity index (χ2v) is 9.28. The van der Waals surface area contributed by atoms with Crippen molar-refractivity contribution >= 4 is 22.9 Å². The highest BCUT2D eigenvalue weighted by Gasteiger charge is 2.24. The average molecular weight is 521 g/mol. The quantitative estimate of drug-likeness (QED) is 0.277. The third-order valence-electron chi connectivity index (χ3n) is 6.90. The molecule has 0 aliphatic heterocycles. The predicted molar refractivity (Wildman–Crippen MR) is 152 cm³/mol. The van der Waals surface area contributed by atoms with Gasteiger partial charge in [0.15, 0.2) is 5.65 Å². The summed E-state index contributed by atoms with van der Waals surface area (Å²) < 4.78 is 12.1. The number of ether oxygens (including phenoxy) is 2. The molecule has 2 N–H and O–H groups in total. The molecule has 3 aromatic heterocycles. The number of methoxy groups -OCH3 is 2. The summed E-state index contributed by atoms with van der Waals surface area (Å²) in [4.78, 5) is 27.8. The number of aromatic nitrogens is 5. The molecule has 0 atom stereocenters. The molecule has 0 fully saturated rings. The van der Waals surface area contributed by atoms with Crippen LogP contribution in [0.15, 0.2) is 77.7 Å². The van der Waals surface area contributed by atoms with Crippen molar-refractivity contribution in [2.75, 3.05) is 19.5 Å². The number of anilines is 2. The van der Waals surface area contributed by atoms with Gasteiger partial charge in [0.1, 0.15) is 17.4 Å². The second kappa shape index (κ2) is 10.4. The lowest BCUT2D eigenvalue weighted by Crippen LogP contribution is -2.20. The lowest BCUT2D eigenvalue weighted by Gasteiger charge is -2.15. The standard InChI is InChI=1S/C30H28N6O3/c1-38-22-15-13-20(14-16-22)25-27(32-23-17-18-31-30(33-23)39-2)34-28-24(19-9-5-3-6-10-19)26(35-36(28)29(25)37)21-11-7-4-8-12-21/h4,7-9,11-18,35H,3,5-6,10H2,1-2H3,(H,31,32,33). The van der Waals surface area contributed by atoms with Gasteiger partial charge >= 0.3 is 6.01 Å². The maximum absolute atomic E-state index is 14.2. The van der Waals surface area contributed by atoms with Crippen LogP contribution in [0.4, 0.5) is 11.6 Å². The highest BCUT2D eigenvalue weighted by Crippen LogP contribution is 2.37. The molecular formula is C30H28N6O3. The molecule has 0 spiro atoms. The van der Waals surface area contributed by atoms with E-state index in [4.69, 9.17) is 14.5 Å². The number of hydrogen-bond donors (Lipinski definition) is 2. The molecule has 6 rings (SSSR count). The van der Waals surface area contributed by atoms with Crippen LogP contribution in [0.5, 0.6) is 11.8 Å². The zero-order chi connectivity index (χ0) is 26.8. The molecule has 5 aromatic rings. The van der Waals surface area contributed by atoms with E-state index < -0.39 is 0 Å². The Hall–Kier alpha value is -4.92. The van der Waals surface area contributed by atoms with E-state index in [0.717, 1.165) is 42.5 Å². The molecule has 0 bridgehead atoms. The van der Waals surface area contributed by atoms with Gasteiger partial charge in [0.2, 0.25) is 0 Å². The molecule has 196 valence electrons. The van der Waals surface area contributed by atoms with Gasteiger partial charge in [-0.1, -0.05) is 48.5 Å². The van der Waals surface area contributed by atoms with Gasteiger partial charge in [-0.25, -0.2) is 9.97 Å². The van der Waals surface area contributed by atoms with E-state index in [1.54, 1.807) is 23.9 Å². The molecule has 2 aromatic carbocycles. The van der Waals surface area contributed by atoms with E-state index in [1.807, 2.05) is 54.6 Å². The van der Waals surface area contributed by atoms with Crippen molar-refractivity contribution in [3.63, 3.8) is 0 Å². The van der Waals surface area contributed by atoms with Crippen molar-refractivity contribution in [1.29, 1.82) is 0 Å². The fourth-order valence-electron chi connectivity index (χ4n) is 4.99. The van der Waals surface area contributed by atoms with Crippen molar-refractivity contribution in [3.8, 4) is 34.1 Å². The number of nitrogens with one attached hydrogen (secondary N) is 2. The smallest absolute Gasteiger partial charge is 0.318 e. The van der Waals surface area contributed by atoms with Gasteiger partial charge in [-0.2, -0.15) is 9.50 Å². The highest BCUT2D eigenvalue weighted by molar-refractivity contribution is 5.89. The number of nitrogens with zero attached hydrogens (tertiary/aromatic N) is 4. The lowest BCUT2D eigenvalue weighted by atomic mass is 9.92. The minimum atomic E-state index is -0.228. The zero-order valence-electron chi connectivity index (χ0n) is 21.8. The van der Waals surface area contributed by atoms with Gasteiger partial charge in [-0.05, 0) is 55.0 Å². The van der Waals surface area contributed by atoms with E-state index >= 15 is 0 Å². The van der Waals surface area contributed by atoms with Gasteiger partial charge in [-0.3, -0.25) is 9.89 Å². The second-order valence-electron chi connectivity index (χ2n) is 9.28. The summed E-state index contributed by atoms with van der Waals surface area (Å²) in [6.45, 7) is 0. The van der Waals surface area contributed by atoms with Gasteiger partial charge < -0.3 is 14.8 Å². The summed E-state index contributed by atoms with van der Waals surface area (Å²) in [5, 5.41) is 6.66. The molecule has 0 radical (unpaired) electrons. The Kier molecular flexibility index (Phi) is 6.54. The van der Waals surface area contributed by atoms with Crippen LogP contribution in [-0.4, -0.2) is 38.8 Å². The van der Waals surface area contributed by atoms with Crippen molar-refractivity contribution in [1.82, 2.24) is 24.6 Å². The first kappa shape index (κ1) is 24.4. The lowest BCUT2D eigenvalue weighted by molar-refractivity contribution is 0.380. The van der Waals surface area contributed by atoms with Crippen molar-refractivity contribution in [3.05, 3.63) is 88.9 Å². The molecule has 9 heteroatoms. The monoisotopic (exact) mass is 520 g/mol. The molecule has 39 heavy (non-hydrogen) atoms. The summed E-state index contributed by atoms with van der Waals surface area (Å²) in [6.07, 6.45) is 8.04. The molecule has 0 saturated heterocycles. The van der Waals surface area contributed by atoms with Crippen molar-refractivity contribution < 1.29 is 9.47 Å². The number of allylic oxidation sites excluding steroid dienone is 2. The number of aromatic amines is 1. The zero-order valence-corrected chi connectivity index (χ0v) is 21.8. The average Bonchev–Trinajstić information content (AvgIpc) is 3.38. The minimum absolute atomic E-state index is 0.213. The maximum Gasteiger partial charge on any atom is 0.318 e. The Labute approximate surface area is 225 Å². The van der Waals surface area contributed by atoms with Gasteiger partial charge in [0.25, 0.3) is 5.56 Å². The van der Waals surface area contributed by atoms with Gasteiger partial charge in [-0.15, -0.1) is 0 Å². The molecule has 1 aliphatic rings. The van der Waals surface area contributed by atoms with E-state index in [1.165, 1.54) is 12.7 Å². The summed E-state index contributed by atoms with van der Waals surface area (Å²) in [6, 6.07) is 19.3. The van der Waals surface area contributed by atoms with Crippen LogP contribution in [0.2, 0.25) is 0 Å². The Bertz CT molecular complexity index is 1720. The molecule has 9 nitrogen and oxygen atoms in total. The fraction of sp³-hybridized carbons (Fsp3) is 0.200. The first-order valence-electron chi connectivity index (χ1n) is 12.9. The Balaban J connectivity index is 1.63. The Morgan fingerprint density at radius 3 is 2.44 bits per heavy atom. The molecule has 1 aliphatic carbocycles. The highest BCUT2D eigenvalue weighted by atomic mass is 16.5. The third kappa shape index (κ3) is 4.63. The van der Waals surface area contributed by atoms with Crippen LogP contribution in [0.1, 0.15) is 31.2 Å². The van der Waals surface area contributed by atoms with Crippen LogP contribution in [-0.2, 0) is 0 Å². The normalized spacial score (nSPS) is 13.2. The van der Waals surface area contributed by atoms with Crippen LogP contribution in [0.25, 0.3) is 33.6 Å².